The summed E-state index contributed by atoms with van der Waals surface area (Å²) in [5, 5.41) is 21.2. The average molecular weight is 288 g/mol. The van der Waals surface area contributed by atoms with Crippen molar-refractivity contribution >= 4 is 11.6 Å². The second kappa shape index (κ2) is 5.49. The van der Waals surface area contributed by atoms with Gasteiger partial charge >= 0.3 is 0 Å². The predicted molar refractivity (Wildman–Crippen MR) is 78.2 cm³/mol. The average Bonchev–Trinajstić information content (AvgIpc) is 2.97. The molecular formula is C13H16N6O2. The number of benzene rings is 1. The zero-order valence-electron chi connectivity index (χ0n) is 11.6. The second-order valence-electron chi connectivity index (χ2n) is 5.09. The van der Waals surface area contributed by atoms with Crippen LogP contribution in [0.5, 0.6) is 0 Å². The van der Waals surface area contributed by atoms with Gasteiger partial charge in [-0.1, -0.05) is 12.1 Å². The first-order valence-electron chi connectivity index (χ1n) is 6.79. The molecule has 2 aromatic rings. The number of aromatic nitrogens is 3. The van der Waals surface area contributed by atoms with E-state index >= 15 is 0 Å². The van der Waals surface area contributed by atoms with Crippen LogP contribution in [-0.4, -0.2) is 45.8 Å². The molecule has 110 valence electrons. The number of anilines is 1. The Bertz CT molecular complexity index is 656. The van der Waals surface area contributed by atoms with Crippen molar-refractivity contribution in [1.82, 2.24) is 20.5 Å². The number of hydrogen-bond donors (Lipinski definition) is 2. The van der Waals surface area contributed by atoms with E-state index in [0.717, 1.165) is 19.6 Å². The Labute approximate surface area is 121 Å². The maximum Gasteiger partial charge on any atom is 0.270 e. The summed E-state index contributed by atoms with van der Waals surface area (Å²) in [4.78, 5) is 16.9. The van der Waals surface area contributed by atoms with Gasteiger partial charge in [0, 0.05) is 43.4 Å². The third-order valence-corrected chi connectivity index (χ3v) is 3.46. The summed E-state index contributed by atoms with van der Waals surface area (Å²) in [6.45, 7) is 4.69. The molecule has 3 rings (SSSR count). The normalized spacial score (nSPS) is 18.7. The van der Waals surface area contributed by atoms with Gasteiger partial charge in [0.05, 0.1) is 4.92 Å². The molecule has 1 aromatic carbocycles. The molecule has 1 aliphatic heterocycles. The van der Waals surface area contributed by atoms with Crippen LogP contribution in [-0.2, 0) is 0 Å². The molecule has 2 heterocycles. The second-order valence-corrected chi connectivity index (χ2v) is 5.09. The highest BCUT2D eigenvalue weighted by Gasteiger charge is 2.20. The van der Waals surface area contributed by atoms with Gasteiger partial charge in [-0.2, -0.15) is 4.98 Å². The number of piperazine rings is 1. The lowest BCUT2D eigenvalue weighted by atomic mass is 10.2. The van der Waals surface area contributed by atoms with E-state index in [9.17, 15) is 10.1 Å². The predicted octanol–water partition coefficient (Wildman–Crippen LogP) is 1.18. The number of nitrogens with one attached hydrogen (secondary N) is 2. The molecule has 8 nitrogen and oxygen atoms in total. The fourth-order valence-electron chi connectivity index (χ4n) is 2.40. The lowest BCUT2D eigenvalue weighted by Gasteiger charge is -2.30. The van der Waals surface area contributed by atoms with Crippen molar-refractivity contribution in [1.29, 1.82) is 0 Å². The van der Waals surface area contributed by atoms with Crippen LogP contribution >= 0.6 is 0 Å². The lowest BCUT2D eigenvalue weighted by molar-refractivity contribution is -0.384. The Kier molecular flexibility index (Phi) is 3.53. The number of aromatic amines is 1. The smallest absolute Gasteiger partial charge is 0.270 e. The molecule has 0 aliphatic carbocycles. The highest BCUT2D eigenvalue weighted by molar-refractivity contribution is 5.60. The number of non-ortho nitro benzene ring substituents is 1. The Hall–Kier alpha value is -2.48. The highest BCUT2D eigenvalue weighted by Crippen LogP contribution is 2.22. The van der Waals surface area contributed by atoms with E-state index in [1.54, 1.807) is 12.1 Å². The Morgan fingerprint density at radius 1 is 1.48 bits per heavy atom. The lowest BCUT2D eigenvalue weighted by Crippen LogP contribution is -2.49. The number of rotatable bonds is 3. The van der Waals surface area contributed by atoms with Gasteiger partial charge in [-0.3, -0.25) is 15.2 Å². The van der Waals surface area contributed by atoms with Gasteiger partial charge in [0.15, 0.2) is 5.82 Å². The van der Waals surface area contributed by atoms with Crippen LogP contribution in [0.1, 0.15) is 6.92 Å². The molecule has 0 radical (unpaired) electrons. The molecule has 0 spiro atoms. The van der Waals surface area contributed by atoms with Crippen molar-refractivity contribution in [3.05, 3.63) is 34.4 Å². The minimum atomic E-state index is -0.418. The largest absolute Gasteiger partial charge is 0.337 e. The van der Waals surface area contributed by atoms with Crippen molar-refractivity contribution in [2.24, 2.45) is 0 Å². The van der Waals surface area contributed by atoms with Crippen LogP contribution in [0.3, 0.4) is 0 Å². The third-order valence-electron chi connectivity index (χ3n) is 3.46. The third kappa shape index (κ3) is 2.84. The Morgan fingerprint density at radius 3 is 3.10 bits per heavy atom. The minimum absolute atomic E-state index is 0.0428. The molecule has 2 N–H and O–H groups in total. The SMILES string of the molecule is C[C@H]1CN(c2n[nH]c(-c3cccc([N+](=O)[O-])c3)n2)CCN1. The van der Waals surface area contributed by atoms with Crippen LogP contribution in [0.15, 0.2) is 24.3 Å². The van der Waals surface area contributed by atoms with Crippen LogP contribution in [0.2, 0.25) is 0 Å². The number of nitro benzene ring substituents is 1. The van der Waals surface area contributed by atoms with Crippen LogP contribution in [0.25, 0.3) is 11.4 Å². The fraction of sp³-hybridized carbons (Fsp3) is 0.385. The van der Waals surface area contributed by atoms with Gasteiger partial charge in [-0.15, -0.1) is 5.10 Å². The van der Waals surface area contributed by atoms with Crippen molar-refractivity contribution in [2.45, 2.75) is 13.0 Å². The molecule has 0 bridgehead atoms. The summed E-state index contributed by atoms with van der Waals surface area (Å²) in [5.41, 5.74) is 0.701. The molecule has 1 aromatic heterocycles. The van der Waals surface area contributed by atoms with E-state index in [0.29, 0.717) is 23.4 Å². The summed E-state index contributed by atoms with van der Waals surface area (Å²) in [6.07, 6.45) is 0. The first-order chi connectivity index (χ1) is 10.1. The van der Waals surface area contributed by atoms with Gasteiger partial charge in [0.25, 0.3) is 5.69 Å². The molecular weight excluding hydrogens is 272 g/mol. The van der Waals surface area contributed by atoms with E-state index in [1.165, 1.54) is 12.1 Å². The van der Waals surface area contributed by atoms with E-state index < -0.39 is 4.92 Å². The van der Waals surface area contributed by atoms with Gasteiger partial charge in [0.1, 0.15) is 0 Å². The summed E-state index contributed by atoms with van der Waals surface area (Å²) < 4.78 is 0. The van der Waals surface area contributed by atoms with Crippen molar-refractivity contribution in [3.8, 4) is 11.4 Å². The summed E-state index contributed by atoms with van der Waals surface area (Å²) in [6, 6.07) is 6.75. The van der Waals surface area contributed by atoms with E-state index in [2.05, 4.69) is 32.3 Å². The van der Waals surface area contributed by atoms with Crippen LogP contribution in [0.4, 0.5) is 11.6 Å². The molecule has 1 atom stereocenters. The van der Waals surface area contributed by atoms with E-state index in [-0.39, 0.29) is 5.69 Å². The first kappa shape index (κ1) is 13.5. The number of nitro groups is 1. The summed E-state index contributed by atoms with van der Waals surface area (Å²) >= 11 is 0. The minimum Gasteiger partial charge on any atom is -0.337 e. The maximum absolute atomic E-state index is 10.8. The number of hydrogen-bond acceptors (Lipinski definition) is 6. The molecule has 1 aliphatic rings. The van der Waals surface area contributed by atoms with Crippen LogP contribution < -0.4 is 10.2 Å². The van der Waals surface area contributed by atoms with E-state index in [4.69, 9.17) is 0 Å². The molecule has 0 amide bonds. The quantitative estimate of drug-likeness (QED) is 0.649. The summed E-state index contributed by atoms with van der Waals surface area (Å²) in [7, 11) is 0. The number of nitrogens with zero attached hydrogens (tertiary/aromatic N) is 4. The molecule has 0 saturated carbocycles. The van der Waals surface area contributed by atoms with E-state index in [1.807, 2.05) is 0 Å². The summed E-state index contributed by atoms with van der Waals surface area (Å²) in [5.74, 6) is 1.17. The molecule has 1 saturated heterocycles. The molecule has 0 unspecified atom stereocenters. The standard InChI is InChI=1S/C13H16N6O2/c1-9-8-18(6-5-14-9)13-15-12(16-17-13)10-3-2-4-11(7-10)19(20)21/h2-4,7,9,14H,5-6,8H2,1H3,(H,15,16,17)/t9-/m0/s1. The number of H-pyrrole nitrogens is 1. The topological polar surface area (TPSA) is 100.0 Å². The zero-order chi connectivity index (χ0) is 14.8. The van der Waals surface area contributed by atoms with Crippen molar-refractivity contribution in [2.75, 3.05) is 24.5 Å². The zero-order valence-corrected chi connectivity index (χ0v) is 11.6. The van der Waals surface area contributed by atoms with Crippen molar-refractivity contribution < 1.29 is 4.92 Å². The van der Waals surface area contributed by atoms with Gasteiger partial charge in [-0.05, 0) is 6.92 Å². The fourth-order valence-corrected chi connectivity index (χ4v) is 2.40. The van der Waals surface area contributed by atoms with Gasteiger partial charge < -0.3 is 10.2 Å². The van der Waals surface area contributed by atoms with Crippen molar-refractivity contribution in [3.63, 3.8) is 0 Å². The first-order valence-corrected chi connectivity index (χ1v) is 6.79. The van der Waals surface area contributed by atoms with Crippen LogP contribution in [0, 0.1) is 10.1 Å². The Balaban J connectivity index is 1.84. The molecule has 1 fully saturated rings. The van der Waals surface area contributed by atoms with Gasteiger partial charge in [-0.25, -0.2) is 0 Å². The van der Waals surface area contributed by atoms with Gasteiger partial charge in [0.2, 0.25) is 5.95 Å². The molecule has 8 heteroatoms. The highest BCUT2D eigenvalue weighted by atomic mass is 16.6. The molecule has 21 heavy (non-hydrogen) atoms. The Morgan fingerprint density at radius 2 is 2.33 bits per heavy atom. The monoisotopic (exact) mass is 288 g/mol. The maximum atomic E-state index is 10.8.